The van der Waals surface area contributed by atoms with E-state index in [4.69, 9.17) is 0 Å². The van der Waals surface area contributed by atoms with E-state index in [1.807, 2.05) is 6.92 Å². The van der Waals surface area contributed by atoms with Crippen LogP contribution in [0.15, 0.2) is 12.4 Å². The molecule has 1 fully saturated rings. The fourth-order valence-corrected chi connectivity index (χ4v) is 2.51. The maximum Gasteiger partial charge on any atom is 0.229 e. The molecule has 1 aliphatic carbocycles. The van der Waals surface area contributed by atoms with Crippen LogP contribution in [0.25, 0.3) is 0 Å². The lowest BCUT2D eigenvalue weighted by molar-refractivity contribution is -0.118. The van der Waals surface area contributed by atoms with E-state index in [0.29, 0.717) is 5.82 Å². The van der Waals surface area contributed by atoms with Crippen LogP contribution >= 0.6 is 0 Å². The van der Waals surface area contributed by atoms with Gasteiger partial charge in [-0.15, -0.1) is 0 Å². The van der Waals surface area contributed by atoms with Crippen molar-refractivity contribution in [2.75, 3.05) is 5.32 Å². The molecule has 0 bridgehead atoms. The van der Waals surface area contributed by atoms with Gasteiger partial charge in [0.05, 0.1) is 18.1 Å². The number of aryl methyl sites for hydroxylation is 1. The summed E-state index contributed by atoms with van der Waals surface area (Å²) in [4.78, 5) is 20.3. The van der Waals surface area contributed by atoms with Crippen molar-refractivity contribution in [2.24, 2.45) is 16.7 Å². The van der Waals surface area contributed by atoms with Gasteiger partial charge in [0.25, 0.3) is 0 Å². The van der Waals surface area contributed by atoms with Crippen LogP contribution in [0.2, 0.25) is 0 Å². The zero-order valence-electron chi connectivity index (χ0n) is 11.0. The number of carbonyl (C=O) groups excluding carboxylic acids is 1. The third-order valence-corrected chi connectivity index (χ3v) is 4.32. The molecular formula is C13H19N3O. The van der Waals surface area contributed by atoms with Gasteiger partial charge in [-0.25, -0.2) is 4.98 Å². The summed E-state index contributed by atoms with van der Waals surface area (Å²) in [6, 6.07) is 0. The van der Waals surface area contributed by atoms with Crippen molar-refractivity contribution in [2.45, 2.75) is 34.6 Å². The number of rotatable bonds is 2. The first kappa shape index (κ1) is 12.0. The Hall–Kier alpha value is -1.45. The van der Waals surface area contributed by atoms with Crippen molar-refractivity contribution in [3.8, 4) is 0 Å². The quantitative estimate of drug-likeness (QED) is 0.853. The zero-order valence-corrected chi connectivity index (χ0v) is 11.0. The van der Waals surface area contributed by atoms with E-state index in [2.05, 4.69) is 43.0 Å². The maximum atomic E-state index is 12.1. The standard InChI is InChI=1S/C13H19N3O/c1-8-6-15-9(7-14-8)16-11(17)10-12(2,3)13(10,4)5/h6-7,10H,1-5H3,(H,15,16,17). The normalized spacial score (nSPS) is 21.0. The summed E-state index contributed by atoms with van der Waals surface area (Å²) in [5.74, 6) is 0.607. The Balaban J connectivity index is 2.07. The Kier molecular flexibility index (Phi) is 2.49. The second-order valence-corrected chi connectivity index (χ2v) is 5.91. The highest BCUT2D eigenvalue weighted by molar-refractivity contribution is 5.95. The van der Waals surface area contributed by atoms with Gasteiger partial charge in [0.15, 0.2) is 5.82 Å². The van der Waals surface area contributed by atoms with Gasteiger partial charge in [0.1, 0.15) is 0 Å². The Labute approximate surface area is 102 Å². The third kappa shape index (κ3) is 1.81. The molecule has 0 radical (unpaired) electrons. The number of hydrogen-bond donors (Lipinski definition) is 1. The predicted octanol–water partition coefficient (Wildman–Crippen LogP) is 2.41. The molecule has 0 aliphatic heterocycles. The van der Waals surface area contributed by atoms with Crippen molar-refractivity contribution in [3.05, 3.63) is 18.1 Å². The van der Waals surface area contributed by atoms with Gasteiger partial charge in [-0.2, -0.15) is 0 Å². The van der Waals surface area contributed by atoms with E-state index in [1.54, 1.807) is 12.4 Å². The van der Waals surface area contributed by atoms with Gasteiger partial charge in [0.2, 0.25) is 5.91 Å². The fourth-order valence-electron chi connectivity index (χ4n) is 2.51. The summed E-state index contributed by atoms with van der Waals surface area (Å²) in [5, 5.41) is 2.83. The molecule has 1 aromatic heterocycles. The summed E-state index contributed by atoms with van der Waals surface area (Å²) < 4.78 is 0. The first-order valence-corrected chi connectivity index (χ1v) is 5.86. The average Bonchev–Trinajstić information content (AvgIpc) is 2.61. The van der Waals surface area contributed by atoms with Crippen LogP contribution in [0.4, 0.5) is 5.82 Å². The Bertz CT molecular complexity index is 434. The van der Waals surface area contributed by atoms with Crippen molar-refractivity contribution < 1.29 is 4.79 Å². The molecule has 1 aromatic rings. The summed E-state index contributed by atoms with van der Waals surface area (Å²) in [6.07, 6.45) is 3.24. The highest BCUT2D eigenvalue weighted by atomic mass is 16.2. The van der Waals surface area contributed by atoms with E-state index in [0.717, 1.165) is 5.69 Å². The number of amides is 1. The van der Waals surface area contributed by atoms with Gasteiger partial charge in [-0.3, -0.25) is 9.78 Å². The molecule has 1 N–H and O–H groups in total. The second kappa shape index (κ2) is 3.52. The summed E-state index contributed by atoms with van der Waals surface area (Å²) in [6.45, 7) is 10.4. The smallest absolute Gasteiger partial charge is 0.229 e. The average molecular weight is 233 g/mol. The molecule has 17 heavy (non-hydrogen) atoms. The lowest BCUT2D eigenvalue weighted by atomic mass is 10.0. The van der Waals surface area contributed by atoms with Crippen LogP contribution < -0.4 is 5.32 Å². The Morgan fingerprint density at radius 3 is 2.18 bits per heavy atom. The highest BCUT2D eigenvalue weighted by Crippen LogP contribution is 2.68. The molecular weight excluding hydrogens is 214 g/mol. The summed E-state index contributed by atoms with van der Waals surface area (Å²) in [5.41, 5.74) is 0.944. The maximum absolute atomic E-state index is 12.1. The lowest BCUT2D eigenvalue weighted by Crippen LogP contribution is -2.18. The Morgan fingerprint density at radius 1 is 1.18 bits per heavy atom. The molecule has 1 aliphatic rings. The minimum Gasteiger partial charge on any atom is -0.309 e. The molecule has 0 spiro atoms. The van der Waals surface area contributed by atoms with E-state index < -0.39 is 0 Å². The SMILES string of the molecule is Cc1cnc(NC(=O)C2C(C)(C)C2(C)C)cn1. The van der Waals surface area contributed by atoms with E-state index in [9.17, 15) is 4.79 Å². The summed E-state index contributed by atoms with van der Waals surface area (Å²) in [7, 11) is 0. The van der Waals surface area contributed by atoms with Gasteiger partial charge in [-0.05, 0) is 17.8 Å². The Morgan fingerprint density at radius 2 is 1.76 bits per heavy atom. The number of nitrogens with one attached hydrogen (secondary N) is 1. The van der Waals surface area contributed by atoms with E-state index in [-0.39, 0.29) is 22.7 Å². The predicted molar refractivity (Wildman–Crippen MR) is 66.5 cm³/mol. The zero-order chi connectivity index (χ0) is 12.8. The van der Waals surface area contributed by atoms with Crippen LogP contribution in [0.1, 0.15) is 33.4 Å². The van der Waals surface area contributed by atoms with Crippen LogP contribution in [-0.2, 0) is 4.79 Å². The lowest BCUT2D eigenvalue weighted by Gasteiger charge is -2.05. The molecule has 4 heteroatoms. The first-order valence-electron chi connectivity index (χ1n) is 5.86. The van der Waals surface area contributed by atoms with Crippen LogP contribution in [0.3, 0.4) is 0 Å². The molecule has 0 saturated heterocycles. The van der Waals surface area contributed by atoms with Gasteiger partial charge in [-0.1, -0.05) is 27.7 Å². The largest absolute Gasteiger partial charge is 0.309 e. The fraction of sp³-hybridized carbons (Fsp3) is 0.615. The monoisotopic (exact) mass is 233 g/mol. The number of aromatic nitrogens is 2. The van der Waals surface area contributed by atoms with Crippen molar-refractivity contribution in [1.82, 2.24) is 9.97 Å². The molecule has 1 heterocycles. The molecule has 1 amide bonds. The van der Waals surface area contributed by atoms with Crippen molar-refractivity contribution in [1.29, 1.82) is 0 Å². The molecule has 0 aromatic carbocycles. The number of anilines is 1. The molecule has 4 nitrogen and oxygen atoms in total. The van der Waals surface area contributed by atoms with Crippen LogP contribution in [0, 0.1) is 23.7 Å². The molecule has 92 valence electrons. The van der Waals surface area contributed by atoms with Crippen LogP contribution in [-0.4, -0.2) is 15.9 Å². The number of nitrogens with zero attached hydrogens (tertiary/aromatic N) is 2. The summed E-state index contributed by atoms with van der Waals surface area (Å²) >= 11 is 0. The van der Waals surface area contributed by atoms with Crippen molar-refractivity contribution >= 4 is 11.7 Å². The van der Waals surface area contributed by atoms with Crippen molar-refractivity contribution in [3.63, 3.8) is 0 Å². The van der Waals surface area contributed by atoms with Gasteiger partial charge >= 0.3 is 0 Å². The first-order chi connectivity index (χ1) is 7.76. The second-order valence-electron chi connectivity index (χ2n) is 5.91. The van der Waals surface area contributed by atoms with E-state index >= 15 is 0 Å². The number of carbonyl (C=O) groups is 1. The molecule has 0 atom stereocenters. The minimum atomic E-state index is 0.0399. The van der Waals surface area contributed by atoms with Gasteiger partial charge in [0, 0.05) is 5.92 Å². The topological polar surface area (TPSA) is 54.9 Å². The number of hydrogen-bond acceptors (Lipinski definition) is 3. The highest BCUT2D eigenvalue weighted by Gasteiger charge is 2.68. The molecule has 0 unspecified atom stereocenters. The molecule has 1 saturated carbocycles. The third-order valence-electron chi connectivity index (χ3n) is 4.32. The minimum absolute atomic E-state index is 0.0399. The van der Waals surface area contributed by atoms with E-state index in [1.165, 1.54) is 0 Å². The van der Waals surface area contributed by atoms with Crippen LogP contribution in [0.5, 0.6) is 0 Å². The molecule has 2 rings (SSSR count). The van der Waals surface area contributed by atoms with Gasteiger partial charge < -0.3 is 5.32 Å².